The molecule has 0 saturated heterocycles. The number of nitrogens with one attached hydrogen (secondary N) is 1. The Bertz CT molecular complexity index is 576. The molecule has 3 rings (SSSR count). The van der Waals surface area contributed by atoms with Gasteiger partial charge in [-0.2, -0.15) is 5.26 Å². The molecular weight excluding hydrogens is 256 g/mol. The molecule has 2 unspecified atom stereocenters. The number of ketones is 1. The van der Waals surface area contributed by atoms with E-state index >= 15 is 0 Å². The minimum absolute atomic E-state index is 0.146. The van der Waals surface area contributed by atoms with Gasteiger partial charge in [-0.05, 0) is 25.0 Å². The molecule has 1 aromatic carbocycles. The number of carbonyl (C=O) groups excluding carboxylic acids is 1. The molecule has 1 aliphatic carbocycles. The minimum atomic E-state index is 0.146. The maximum atomic E-state index is 12.7. The van der Waals surface area contributed by atoms with Gasteiger partial charge in [0.1, 0.15) is 6.07 Å². The maximum Gasteiger partial charge on any atom is 0.170 e. The van der Waals surface area contributed by atoms with Gasteiger partial charge >= 0.3 is 0 Å². The summed E-state index contributed by atoms with van der Waals surface area (Å²) in [5.74, 6) is 0.382. The van der Waals surface area contributed by atoms with Gasteiger partial charge in [-0.15, -0.1) is 11.8 Å². The number of Topliss-reactive ketones (excluding diaryl/α,β-unsaturated/α-hetero) is 1. The van der Waals surface area contributed by atoms with Gasteiger partial charge < -0.3 is 5.32 Å². The summed E-state index contributed by atoms with van der Waals surface area (Å²) >= 11 is 1.74. The first kappa shape index (κ1) is 12.6. The van der Waals surface area contributed by atoms with Crippen molar-refractivity contribution in [2.75, 3.05) is 12.4 Å². The second-order valence-electron chi connectivity index (χ2n) is 5.14. The Labute approximate surface area is 117 Å². The summed E-state index contributed by atoms with van der Waals surface area (Å²) < 4.78 is 0. The van der Waals surface area contributed by atoms with Crippen LogP contribution >= 0.6 is 11.8 Å². The fourth-order valence-corrected chi connectivity index (χ4v) is 4.70. The van der Waals surface area contributed by atoms with Crippen LogP contribution in [-0.2, 0) is 0 Å². The van der Waals surface area contributed by atoms with Crippen molar-refractivity contribution >= 4 is 23.2 Å². The van der Waals surface area contributed by atoms with E-state index < -0.39 is 0 Å². The minimum Gasteiger partial charge on any atom is -0.387 e. The van der Waals surface area contributed by atoms with Crippen molar-refractivity contribution in [1.82, 2.24) is 0 Å². The number of nitrogens with zero attached hydrogens (tertiary/aromatic N) is 1. The number of hydrogen-bond acceptors (Lipinski definition) is 4. The Kier molecular flexibility index (Phi) is 3.24. The van der Waals surface area contributed by atoms with Crippen LogP contribution in [-0.4, -0.2) is 18.1 Å². The average molecular weight is 272 g/mol. The summed E-state index contributed by atoms with van der Waals surface area (Å²) in [6.07, 6.45) is 4.44. The summed E-state index contributed by atoms with van der Waals surface area (Å²) in [7, 11) is 1.83. The number of benzene rings is 1. The zero-order valence-corrected chi connectivity index (χ0v) is 11.7. The van der Waals surface area contributed by atoms with E-state index in [1.165, 1.54) is 6.42 Å². The topological polar surface area (TPSA) is 52.9 Å². The van der Waals surface area contributed by atoms with Crippen LogP contribution in [0.25, 0.3) is 0 Å². The van der Waals surface area contributed by atoms with Gasteiger partial charge in [-0.3, -0.25) is 4.79 Å². The number of hydrogen-bond donors (Lipinski definition) is 1. The number of rotatable bonds is 1. The molecule has 19 heavy (non-hydrogen) atoms. The largest absolute Gasteiger partial charge is 0.387 e. The molecule has 2 aliphatic rings. The molecular formula is C15H16N2OS. The molecule has 2 atom stereocenters. The van der Waals surface area contributed by atoms with Crippen molar-refractivity contribution in [3.05, 3.63) is 23.3 Å². The molecule has 98 valence electrons. The molecule has 4 heteroatoms. The van der Waals surface area contributed by atoms with Crippen molar-refractivity contribution in [1.29, 1.82) is 5.26 Å². The lowest BCUT2D eigenvalue weighted by Crippen LogP contribution is -2.33. The first-order chi connectivity index (χ1) is 9.26. The van der Waals surface area contributed by atoms with E-state index in [1.54, 1.807) is 11.8 Å². The lowest BCUT2D eigenvalue weighted by atomic mass is 9.82. The molecule has 0 amide bonds. The first-order valence-electron chi connectivity index (χ1n) is 6.72. The molecule has 1 fully saturated rings. The predicted molar refractivity (Wildman–Crippen MR) is 76.6 cm³/mol. The molecule has 0 spiro atoms. The standard InChI is InChI=1S/C15H16N2OS/c1-17-11-7-6-9(8-16)15-13(11)14(18)10-4-2-3-5-12(10)19-15/h6-7,10,12,17H,2-5H2,1H3. The predicted octanol–water partition coefficient (Wildman–Crippen LogP) is 3.45. The highest BCUT2D eigenvalue weighted by Crippen LogP contribution is 2.48. The Hall–Kier alpha value is -1.47. The molecule has 1 saturated carbocycles. The Morgan fingerprint density at radius 2 is 2.16 bits per heavy atom. The summed E-state index contributed by atoms with van der Waals surface area (Å²) in [6.45, 7) is 0. The second-order valence-corrected chi connectivity index (χ2v) is 6.39. The van der Waals surface area contributed by atoms with Gasteiger partial charge in [0.05, 0.1) is 11.1 Å². The van der Waals surface area contributed by atoms with Crippen LogP contribution in [0.3, 0.4) is 0 Å². The first-order valence-corrected chi connectivity index (χ1v) is 7.60. The third kappa shape index (κ3) is 1.93. The van der Waals surface area contributed by atoms with Crippen LogP contribution in [0, 0.1) is 17.2 Å². The molecule has 0 aromatic heterocycles. The molecule has 0 bridgehead atoms. The highest BCUT2D eigenvalue weighted by Gasteiger charge is 2.39. The van der Waals surface area contributed by atoms with Gasteiger partial charge in [0.25, 0.3) is 0 Å². The average Bonchev–Trinajstić information content (AvgIpc) is 2.46. The van der Waals surface area contributed by atoms with E-state index in [1.807, 2.05) is 19.2 Å². The number of thioether (sulfide) groups is 1. The fraction of sp³-hybridized carbons (Fsp3) is 0.467. The maximum absolute atomic E-state index is 12.7. The lowest BCUT2D eigenvalue weighted by Gasteiger charge is -2.35. The fourth-order valence-electron chi connectivity index (χ4n) is 3.12. The normalized spacial score (nSPS) is 25.2. The monoisotopic (exact) mass is 272 g/mol. The highest BCUT2D eigenvalue weighted by molar-refractivity contribution is 8.00. The Morgan fingerprint density at radius 1 is 1.37 bits per heavy atom. The van der Waals surface area contributed by atoms with Gasteiger partial charge in [0, 0.05) is 28.8 Å². The van der Waals surface area contributed by atoms with E-state index in [9.17, 15) is 10.1 Å². The molecule has 1 heterocycles. The van der Waals surface area contributed by atoms with Crippen LogP contribution in [0.4, 0.5) is 5.69 Å². The summed E-state index contributed by atoms with van der Waals surface area (Å²) in [6, 6.07) is 5.88. The molecule has 3 nitrogen and oxygen atoms in total. The van der Waals surface area contributed by atoms with Crippen LogP contribution in [0.1, 0.15) is 41.6 Å². The van der Waals surface area contributed by atoms with Crippen LogP contribution in [0.5, 0.6) is 0 Å². The third-order valence-corrected chi connectivity index (χ3v) is 5.63. The Morgan fingerprint density at radius 3 is 2.89 bits per heavy atom. The Balaban J connectivity index is 2.15. The van der Waals surface area contributed by atoms with E-state index in [2.05, 4.69) is 11.4 Å². The van der Waals surface area contributed by atoms with E-state index in [0.29, 0.717) is 10.8 Å². The van der Waals surface area contributed by atoms with Crippen LogP contribution in [0.2, 0.25) is 0 Å². The quantitative estimate of drug-likeness (QED) is 0.850. The van der Waals surface area contributed by atoms with Gasteiger partial charge in [0.15, 0.2) is 5.78 Å². The number of fused-ring (bicyclic) bond motifs is 2. The van der Waals surface area contributed by atoms with Crippen molar-refractivity contribution in [3.8, 4) is 6.07 Å². The van der Waals surface area contributed by atoms with Crippen LogP contribution < -0.4 is 5.32 Å². The van der Waals surface area contributed by atoms with Crippen LogP contribution in [0.15, 0.2) is 17.0 Å². The molecule has 1 N–H and O–H groups in total. The van der Waals surface area contributed by atoms with Gasteiger partial charge in [0.2, 0.25) is 0 Å². The lowest BCUT2D eigenvalue weighted by molar-refractivity contribution is 0.0888. The zero-order chi connectivity index (χ0) is 13.4. The van der Waals surface area contributed by atoms with Gasteiger partial charge in [-0.1, -0.05) is 12.8 Å². The molecule has 1 aliphatic heterocycles. The highest BCUT2D eigenvalue weighted by atomic mass is 32.2. The van der Waals surface area contributed by atoms with Crippen molar-refractivity contribution in [2.24, 2.45) is 5.92 Å². The smallest absolute Gasteiger partial charge is 0.170 e. The van der Waals surface area contributed by atoms with Crippen molar-refractivity contribution < 1.29 is 4.79 Å². The summed E-state index contributed by atoms with van der Waals surface area (Å²) in [4.78, 5) is 13.6. The van der Waals surface area contributed by atoms with Crippen molar-refractivity contribution in [2.45, 2.75) is 35.8 Å². The number of carbonyl (C=O) groups is 1. The summed E-state index contributed by atoms with van der Waals surface area (Å²) in [5.41, 5.74) is 2.24. The number of nitriles is 1. The molecule has 0 radical (unpaired) electrons. The van der Waals surface area contributed by atoms with Crippen molar-refractivity contribution in [3.63, 3.8) is 0 Å². The second kappa shape index (κ2) is 4.90. The molecule has 1 aromatic rings. The van der Waals surface area contributed by atoms with Gasteiger partial charge in [-0.25, -0.2) is 0 Å². The van der Waals surface area contributed by atoms with E-state index in [0.717, 1.165) is 35.4 Å². The third-order valence-electron chi connectivity index (χ3n) is 4.10. The van der Waals surface area contributed by atoms with E-state index in [4.69, 9.17) is 0 Å². The summed E-state index contributed by atoms with van der Waals surface area (Å²) in [5, 5.41) is 12.7. The van der Waals surface area contributed by atoms with E-state index in [-0.39, 0.29) is 11.7 Å². The zero-order valence-electron chi connectivity index (χ0n) is 10.9. The SMILES string of the molecule is CNc1ccc(C#N)c2c1C(=O)C1CCCCC1S2. The number of anilines is 1.